The van der Waals surface area contributed by atoms with Crippen molar-refractivity contribution in [2.75, 3.05) is 13.1 Å². The van der Waals surface area contributed by atoms with Crippen LogP contribution < -0.4 is 0 Å². The molecule has 3 rings (SSSR count). The Balaban J connectivity index is 1.96. The molecule has 28 heavy (non-hydrogen) atoms. The van der Waals surface area contributed by atoms with Crippen LogP contribution in [0.5, 0.6) is 0 Å². The van der Waals surface area contributed by atoms with Crippen LogP contribution in [0.4, 0.5) is 0 Å². The lowest BCUT2D eigenvalue weighted by Gasteiger charge is -2.29. The number of carbonyl (C=O) groups is 3. The molecule has 2 aromatic rings. The molecule has 1 aliphatic rings. The molecule has 5 heteroatoms. The van der Waals surface area contributed by atoms with E-state index in [-0.39, 0.29) is 18.9 Å². The van der Waals surface area contributed by atoms with Gasteiger partial charge >= 0.3 is 5.97 Å². The van der Waals surface area contributed by atoms with Crippen molar-refractivity contribution in [3.8, 4) is 0 Å². The summed E-state index contributed by atoms with van der Waals surface area (Å²) in [6.45, 7) is 0.255. The van der Waals surface area contributed by atoms with Gasteiger partial charge < -0.3 is 10.0 Å². The van der Waals surface area contributed by atoms with Gasteiger partial charge in [-0.15, -0.1) is 0 Å². The summed E-state index contributed by atoms with van der Waals surface area (Å²) in [6.07, 6.45) is 5.35. The molecule has 1 saturated heterocycles. The van der Waals surface area contributed by atoms with Crippen molar-refractivity contribution < 1.29 is 19.5 Å². The van der Waals surface area contributed by atoms with E-state index in [1.807, 2.05) is 60.7 Å². The Morgan fingerprint density at radius 2 is 1.25 bits per heavy atom. The molecular weight excluding hydrogens is 354 g/mol. The Morgan fingerprint density at radius 3 is 1.68 bits per heavy atom. The van der Waals surface area contributed by atoms with Crippen molar-refractivity contribution >= 4 is 29.8 Å². The van der Waals surface area contributed by atoms with E-state index in [2.05, 4.69) is 0 Å². The van der Waals surface area contributed by atoms with E-state index in [1.165, 1.54) is 4.90 Å². The van der Waals surface area contributed by atoms with E-state index in [9.17, 15) is 14.4 Å². The summed E-state index contributed by atoms with van der Waals surface area (Å²) in [5.74, 6) is -1.76. The zero-order valence-electron chi connectivity index (χ0n) is 15.1. The van der Waals surface area contributed by atoms with Gasteiger partial charge in [-0.25, -0.2) is 4.79 Å². The van der Waals surface area contributed by atoms with Crippen LogP contribution in [-0.2, 0) is 14.4 Å². The fraction of sp³-hybridized carbons (Fsp3) is 0.0870. The Labute approximate surface area is 162 Å². The highest BCUT2D eigenvalue weighted by Crippen LogP contribution is 2.22. The van der Waals surface area contributed by atoms with E-state index in [0.717, 1.165) is 23.3 Å². The monoisotopic (exact) mass is 373 g/mol. The molecule has 0 bridgehead atoms. The second-order valence-corrected chi connectivity index (χ2v) is 6.36. The number of Topliss-reactive ketones (excluding diaryl/α,β-unsaturated/α-hetero) is 1. The zero-order chi connectivity index (χ0) is 19.9. The molecule has 0 spiro atoms. The molecule has 5 nitrogen and oxygen atoms in total. The Kier molecular flexibility index (Phi) is 5.97. The zero-order valence-corrected chi connectivity index (χ0v) is 15.1. The molecule has 140 valence electrons. The van der Waals surface area contributed by atoms with Crippen molar-refractivity contribution in [1.82, 2.24) is 4.90 Å². The van der Waals surface area contributed by atoms with Gasteiger partial charge in [0.1, 0.15) is 0 Å². The number of carbonyl (C=O) groups excluding carboxylic acids is 2. The summed E-state index contributed by atoms with van der Waals surface area (Å²) in [4.78, 5) is 37.6. The van der Waals surface area contributed by atoms with Crippen LogP contribution in [0.15, 0.2) is 84.0 Å². The quantitative estimate of drug-likeness (QED) is 0.835. The predicted octanol–water partition coefficient (Wildman–Crippen LogP) is 3.21. The van der Waals surface area contributed by atoms with Gasteiger partial charge in [-0.3, -0.25) is 9.59 Å². The average Bonchev–Trinajstić information content (AvgIpc) is 2.70. The standard InChI is InChI=1S/C23H19NO4/c25-21(11-12-22(26)27)24-15-19(13-17-7-3-1-4-8-17)23(28)20(16-24)14-18-9-5-2-6-10-18/h1-14H,15-16H2,(H,26,27). The highest BCUT2D eigenvalue weighted by molar-refractivity contribution is 6.15. The van der Waals surface area contributed by atoms with E-state index in [1.54, 1.807) is 12.2 Å². The summed E-state index contributed by atoms with van der Waals surface area (Å²) in [5.41, 5.74) is 2.69. The van der Waals surface area contributed by atoms with Gasteiger partial charge in [0.2, 0.25) is 5.91 Å². The van der Waals surface area contributed by atoms with Crippen LogP contribution in [0.2, 0.25) is 0 Å². The van der Waals surface area contributed by atoms with Crippen LogP contribution in [0, 0.1) is 0 Å². The summed E-state index contributed by atoms with van der Waals surface area (Å²) in [7, 11) is 0. The maximum absolute atomic E-state index is 13.0. The van der Waals surface area contributed by atoms with E-state index < -0.39 is 11.9 Å². The first kappa shape index (κ1) is 19.0. The first-order valence-electron chi connectivity index (χ1n) is 8.79. The van der Waals surface area contributed by atoms with Gasteiger partial charge in [0.15, 0.2) is 5.78 Å². The topological polar surface area (TPSA) is 74.7 Å². The van der Waals surface area contributed by atoms with Gasteiger partial charge in [0.25, 0.3) is 0 Å². The summed E-state index contributed by atoms with van der Waals surface area (Å²) in [6, 6.07) is 18.8. The minimum atomic E-state index is -1.19. The van der Waals surface area contributed by atoms with Crippen molar-refractivity contribution in [3.05, 3.63) is 95.1 Å². The van der Waals surface area contributed by atoms with Gasteiger partial charge in [-0.1, -0.05) is 60.7 Å². The van der Waals surface area contributed by atoms with Crippen molar-refractivity contribution in [3.63, 3.8) is 0 Å². The third-order valence-corrected chi connectivity index (χ3v) is 4.27. The molecule has 1 N–H and O–H groups in total. The molecule has 0 aliphatic carbocycles. The molecule has 0 atom stereocenters. The molecule has 1 heterocycles. The van der Waals surface area contributed by atoms with Crippen LogP contribution in [-0.4, -0.2) is 40.8 Å². The number of carboxylic acids is 1. The molecule has 1 aliphatic heterocycles. The Hall–Kier alpha value is -3.73. The van der Waals surface area contributed by atoms with Gasteiger partial charge in [0, 0.05) is 23.3 Å². The van der Waals surface area contributed by atoms with Gasteiger partial charge in [0.05, 0.1) is 13.1 Å². The molecule has 0 unspecified atom stereocenters. The highest BCUT2D eigenvalue weighted by Gasteiger charge is 2.28. The fourth-order valence-corrected chi connectivity index (χ4v) is 2.94. The molecule has 0 saturated carbocycles. The summed E-state index contributed by atoms with van der Waals surface area (Å²) in [5, 5.41) is 8.76. The van der Waals surface area contributed by atoms with E-state index >= 15 is 0 Å². The molecule has 1 amide bonds. The second-order valence-electron chi connectivity index (χ2n) is 6.36. The third kappa shape index (κ3) is 4.92. The summed E-state index contributed by atoms with van der Waals surface area (Å²) >= 11 is 0. The molecular formula is C23H19NO4. The number of piperidine rings is 1. The SMILES string of the molecule is O=C(O)C=CC(=O)N1CC(=Cc2ccccc2)C(=O)C(=Cc2ccccc2)C1. The summed E-state index contributed by atoms with van der Waals surface area (Å²) < 4.78 is 0. The molecule has 0 radical (unpaired) electrons. The Morgan fingerprint density at radius 1 is 0.786 bits per heavy atom. The van der Waals surface area contributed by atoms with Crippen molar-refractivity contribution in [2.24, 2.45) is 0 Å². The normalized spacial score (nSPS) is 17.4. The molecule has 0 aromatic heterocycles. The number of carboxylic acid groups (broad SMARTS) is 1. The number of amides is 1. The number of aliphatic carboxylic acids is 1. The van der Waals surface area contributed by atoms with Crippen LogP contribution in [0.1, 0.15) is 11.1 Å². The van der Waals surface area contributed by atoms with Crippen LogP contribution in [0.3, 0.4) is 0 Å². The number of benzene rings is 2. The smallest absolute Gasteiger partial charge is 0.328 e. The molecule has 2 aromatic carbocycles. The van der Waals surface area contributed by atoms with Crippen LogP contribution >= 0.6 is 0 Å². The lowest BCUT2D eigenvalue weighted by Crippen LogP contribution is -2.40. The number of nitrogens with zero attached hydrogens (tertiary/aromatic N) is 1. The van der Waals surface area contributed by atoms with E-state index in [0.29, 0.717) is 11.1 Å². The fourth-order valence-electron chi connectivity index (χ4n) is 2.94. The Bertz CT molecular complexity index is 911. The number of likely N-dealkylation sites (tertiary alicyclic amines) is 1. The number of hydrogen-bond donors (Lipinski definition) is 1. The average molecular weight is 373 g/mol. The lowest BCUT2D eigenvalue weighted by molar-refractivity contribution is -0.132. The number of rotatable bonds is 4. The predicted molar refractivity (Wildman–Crippen MR) is 107 cm³/mol. The largest absolute Gasteiger partial charge is 0.478 e. The second kappa shape index (κ2) is 8.77. The van der Waals surface area contributed by atoms with Crippen molar-refractivity contribution in [1.29, 1.82) is 0 Å². The van der Waals surface area contributed by atoms with Gasteiger partial charge in [-0.2, -0.15) is 0 Å². The first-order valence-corrected chi connectivity index (χ1v) is 8.79. The number of hydrogen-bond acceptors (Lipinski definition) is 3. The minimum Gasteiger partial charge on any atom is -0.478 e. The van der Waals surface area contributed by atoms with E-state index in [4.69, 9.17) is 5.11 Å². The molecule has 1 fully saturated rings. The minimum absolute atomic E-state index is 0.112. The maximum atomic E-state index is 13.0. The van der Waals surface area contributed by atoms with Gasteiger partial charge in [-0.05, 0) is 23.3 Å². The first-order chi connectivity index (χ1) is 13.5. The highest BCUT2D eigenvalue weighted by atomic mass is 16.4. The third-order valence-electron chi connectivity index (χ3n) is 4.27. The number of ketones is 1. The van der Waals surface area contributed by atoms with Crippen LogP contribution in [0.25, 0.3) is 12.2 Å². The maximum Gasteiger partial charge on any atom is 0.328 e. The van der Waals surface area contributed by atoms with Crippen molar-refractivity contribution in [2.45, 2.75) is 0 Å². The lowest BCUT2D eigenvalue weighted by atomic mass is 9.94.